The quantitative estimate of drug-likeness (QED) is 0.241. The van der Waals surface area contributed by atoms with E-state index >= 15 is 0 Å². The van der Waals surface area contributed by atoms with Crippen molar-refractivity contribution >= 4 is 11.8 Å². The van der Waals surface area contributed by atoms with Gasteiger partial charge in [0.1, 0.15) is 17.2 Å². The van der Waals surface area contributed by atoms with Crippen LogP contribution in [0.3, 0.4) is 0 Å². The van der Waals surface area contributed by atoms with Gasteiger partial charge in [-0.3, -0.25) is 24.5 Å². The van der Waals surface area contributed by atoms with Gasteiger partial charge in [-0.2, -0.15) is 13.2 Å². The van der Waals surface area contributed by atoms with Gasteiger partial charge in [-0.1, -0.05) is 58.4 Å². The number of fused-ring (bicyclic) bond motifs is 1. The number of hydrogen-bond donors (Lipinski definition) is 1. The maximum absolute atomic E-state index is 14.5. The average Bonchev–Trinajstić information content (AvgIpc) is 3.55. The molecular weight excluding hydrogens is 586 g/mol. The Labute approximate surface area is 260 Å². The summed E-state index contributed by atoms with van der Waals surface area (Å²) < 4.78 is 56.7. The third kappa shape index (κ3) is 6.30. The second-order valence-electron chi connectivity index (χ2n) is 12.2. The number of alkyl halides is 3. The minimum Gasteiger partial charge on any atom is -0.354 e. The summed E-state index contributed by atoms with van der Waals surface area (Å²) in [6, 6.07) is 8.58. The van der Waals surface area contributed by atoms with Crippen LogP contribution >= 0.6 is 0 Å². The Hall–Kier alpha value is -4.28. The van der Waals surface area contributed by atoms with E-state index in [0.29, 0.717) is 54.0 Å². The van der Waals surface area contributed by atoms with E-state index in [2.05, 4.69) is 21.9 Å². The monoisotopic (exact) mass is 623 g/mol. The molecular formula is C34H37F4N5O2. The predicted octanol–water partition coefficient (Wildman–Crippen LogP) is 7.26. The first-order valence-corrected chi connectivity index (χ1v) is 15.2. The standard InChI is InChI=1S/C34H37F4N5O2/c1-5-6-7-30(43-22(4)41-33(32(43)45,15-14-21(2)3)24-9-11-25(35)12-10-24)23-8-13-27(34(36,37)38)26(18-23)31(44)42-19-28-29(20-42)40-17-16-39-28/h8-13,16-18,21,30,41H,4-7,14-15,19-20H2,1-3H3/t30?,33-/m1/s1. The first kappa shape index (κ1) is 32.1. The third-order valence-electron chi connectivity index (χ3n) is 8.60. The van der Waals surface area contributed by atoms with Crippen LogP contribution in [0.5, 0.6) is 0 Å². The number of benzene rings is 2. The first-order valence-electron chi connectivity index (χ1n) is 15.2. The number of carbonyl (C=O) groups is 2. The molecule has 3 heterocycles. The molecule has 1 fully saturated rings. The highest BCUT2D eigenvalue weighted by Crippen LogP contribution is 2.44. The van der Waals surface area contributed by atoms with Crippen molar-refractivity contribution in [1.29, 1.82) is 0 Å². The maximum Gasteiger partial charge on any atom is 0.417 e. The molecule has 45 heavy (non-hydrogen) atoms. The fraction of sp³-hybridized carbons (Fsp3) is 0.412. The number of halogens is 4. The van der Waals surface area contributed by atoms with Crippen LogP contribution in [0.4, 0.5) is 17.6 Å². The lowest BCUT2D eigenvalue weighted by molar-refractivity contribution is -0.138. The Morgan fingerprint density at radius 1 is 1.04 bits per heavy atom. The van der Waals surface area contributed by atoms with E-state index in [4.69, 9.17) is 0 Å². The van der Waals surface area contributed by atoms with E-state index in [1.807, 2.05) is 20.8 Å². The molecule has 0 aliphatic carbocycles. The molecule has 0 spiro atoms. The highest BCUT2D eigenvalue weighted by atomic mass is 19.4. The zero-order valence-corrected chi connectivity index (χ0v) is 25.6. The molecule has 1 aromatic heterocycles. The molecule has 1 unspecified atom stereocenters. The van der Waals surface area contributed by atoms with E-state index in [1.54, 1.807) is 12.1 Å². The molecule has 11 heteroatoms. The first-order chi connectivity index (χ1) is 21.4. The van der Waals surface area contributed by atoms with Gasteiger partial charge in [0, 0.05) is 12.4 Å². The molecule has 0 saturated carbocycles. The van der Waals surface area contributed by atoms with Crippen molar-refractivity contribution in [3.05, 3.63) is 107 Å². The van der Waals surface area contributed by atoms with Gasteiger partial charge in [0.15, 0.2) is 0 Å². The molecule has 2 atom stereocenters. The number of nitrogens with zero attached hydrogens (tertiary/aromatic N) is 4. The molecule has 2 aromatic carbocycles. The lowest BCUT2D eigenvalue weighted by Crippen LogP contribution is -2.44. The number of rotatable bonds is 10. The maximum atomic E-state index is 14.5. The third-order valence-corrected chi connectivity index (χ3v) is 8.60. The Morgan fingerprint density at radius 3 is 2.27 bits per heavy atom. The fourth-order valence-electron chi connectivity index (χ4n) is 6.19. The molecule has 0 bridgehead atoms. The highest BCUT2D eigenvalue weighted by molar-refractivity contribution is 5.96. The summed E-state index contributed by atoms with van der Waals surface area (Å²) in [6.07, 6.45) is 1.12. The highest BCUT2D eigenvalue weighted by Gasteiger charge is 2.51. The van der Waals surface area contributed by atoms with E-state index in [9.17, 15) is 27.2 Å². The van der Waals surface area contributed by atoms with Crippen molar-refractivity contribution in [2.24, 2.45) is 5.92 Å². The van der Waals surface area contributed by atoms with Gasteiger partial charge < -0.3 is 10.2 Å². The van der Waals surface area contributed by atoms with Crippen LogP contribution in [0.2, 0.25) is 0 Å². The lowest BCUT2D eigenvalue weighted by Gasteiger charge is -2.32. The summed E-state index contributed by atoms with van der Waals surface area (Å²) in [5, 5.41) is 3.30. The van der Waals surface area contributed by atoms with Gasteiger partial charge in [0.25, 0.3) is 11.8 Å². The summed E-state index contributed by atoms with van der Waals surface area (Å²) >= 11 is 0. The second kappa shape index (κ2) is 12.6. The van der Waals surface area contributed by atoms with Crippen LogP contribution in [-0.2, 0) is 29.6 Å². The Balaban J connectivity index is 1.56. The summed E-state index contributed by atoms with van der Waals surface area (Å²) in [4.78, 5) is 39.5. The van der Waals surface area contributed by atoms with Crippen LogP contribution in [0.1, 0.15) is 97.4 Å². The van der Waals surface area contributed by atoms with Crippen LogP contribution in [0.25, 0.3) is 0 Å². The van der Waals surface area contributed by atoms with Gasteiger partial charge in [0.2, 0.25) is 0 Å². The molecule has 2 amide bonds. The summed E-state index contributed by atoms with van der Waals surface area (Å²) in [5.74, 6) is -0.981. The van der Waals surface area contributed by atoms with E-state index in [0.717, 1.165) is 12.5 Å². The topological polar surface area (TPSA) is 78.4 Å². The molecule has 1 N–H and O–H groups in total. The fourth-order valence-corrected chi connectivity index (χ4v) is 6.19. The molecule has 3 aromatic rings. The number of unbranched alkanes of at least 4 members (excludes halogenated alkanes) is 1. The van der Waals surface area contributed by atoms with Crippen molar-refractivity contribution in [2.75, 3.05) is 0 Å². The molecule has 1 saturated heterocycles. The van der Waals surface area contributed by atoms with Gasteiger partial charge in [-0.15, -0.1) is 0 Å². The molecule has 2 aliphatic rings. The van der Waals surface area contributed by atoms with Crippen molar-refractivity contribution in [1.82, 2.24) is 25.1 Å². The number of hydrogen-bond acceptors (Lipinski definition) is 5. The van der Waals surface area contributed by atoms with Crippen LogP contribution in [-0.4, -0.2) is 31.6 Å². The SMILES string of the molecule is C=C1N[C@](CCC(C)C)(c2ccc(F)cc2)C(=O)N1C(CCCC)c1ccc(C(F)(F)F)c(C(=O)N2Cc3nccnc3C2)c1. The Bertz CT molecular complexity index is 1570. The van der Waals surface area contributed by atoms with Crippen molar-refractivity contribution in [3.63, 3.8) is 0 Å². The number of aromatic nitrogens is 2. The normalized spacial score (nSPS) is 18.8. The van der Waals surface area contributed by atoms with Gasteiger partial charge in [0.05, 0.1) is 41.6 Å². The number of amides is 2. The minimum absolute atomic E-state index is 0.0458. The van der Waals surface area contributed by atoms with Gasteiger partial charge in [-0.05, 0) is 60.6 Å². The number of nitrogens with one attached hydrogen (secondary N) is 1. The molecule has 238 valence electrons. The summed E-state index contributed by atoms with van der Waals surface area (Å²) in [5.41, 5.74) is -0.728. The number of carbonyl (C=O) groups excluding carboxylic acids is 2. The predicted molar refractivity (Wildman–Crippen MR) is 161 cm³/mol. The largest absolute Gasteiger partial charge is 0.417 e. The summed E-state index contributed by atoms with van der Waals surface area (Å²) in [6.45, 7) is 10.3. The zero-order chi connectivity index (χ0) is 32.5. The lowest BCUT2D eigenvalue weighted by atomic mass is 9.83. The van der Waals surface area contributed by atoms with Crippen LogP contribution in [0, 0.1) is 11.7 Å². The average molecular weight is 624 g/mol. The zero-order valence-electron chi connectivity index (χ0n) is 25.6. The van der Waals surface area contributed by atoms with Crippen LogP contribution < -0.4 is 5.32 Å². The van der Waals surface area contributed by atoms with Crippen molar-refractivity contribution in [3.8, 4) is 0 Å². The molecule has 5 rings (SSSR count). The molecule has 0 radical (unpaired) electrons. The van der Waals surface area contributed by atoms with Gasteiger partial charge >= 0.3 is 6.18 Å². The molecule has 2 aliphatic heterocycles. The van der Waals surface area contributed by atoms with Crippen LogP contribution in [0.15, 0.2) is 67.3 Å². The smallest absolute Gasteiger partial charge is 0.354 e. The van der Waals surface area contributed by atoms with E-state index < -0.39 is 40.6 Å². The van der Waals surface area contributed by atoms with E-state index in [-0.39, 0.29) is 24.9 Å². The minimum atomic E-state index is -4.78. The van der Waals surface area contributed by atoms with Crippen molar-refractivity contribution in [2.45, 2.75) is 83.7 Å². The second-order valence-corrected chi connectivity index (χ2v) is 12.2. The van der Waals surface area contributed by atoms with E-state index in [1.165, 1.54) is 46.5 Å². The van der Waals surface area contributed by atoms with Crippen molar-refractivity contribution < 1.29 is 27.2 Å². The summed E-state index contributed by atoms with van der Waals surface area (Å²) in [7, 11) is 0. The molecule has 7 nitrogen and oxygen atoms in total. The van der Waals surface area contributed by atoms with Gasteiger partial charge in [-0.25, -0.2) is 4.39 Å². The Morgan fingerprint density at radius 2 is 1.69 bits per heavy atom. The Kier molecular flexibility index (Phi) is 9.00.